The van der Waals surface area contributed by atoms with Gasteiger partial charge in [0.15, 0.2) is 0 Å². The predicted octanol–water partition coefficient (Wildman–Crippen LogP) is 3.06. The molecular formula is C14H18N2OS. The molecule has 18 heavy (non-hydrogen) atoms. The van der Waals surface area contributed by atoms with Crippen molar-refractivity contribution in [3.8, 4) is 0 Å². The zero-order valence-electron chi connectivity index (χ0n) is 11.2. The van der Waals surface area contributed by atoms with Gasteiger partial charge in [-0.1, -0.05) is 16.5 Å². The molecule has 1 unspecified atom stereocenters. The molecule has 0 saturated heterocycles. The van der Waals surface area contributed by atoms with Crippen LogP contribution in [0.25, 0.3) is 10.9 Å². The van der Waals surface area contributed by atoms with Crippen LogP contribution in [-0.4, -0.2) is 20.1 Å². The fraction of sp³-hybridized carbons (Fsp3) is 0.357. The maximum Gasteiger partial charge on any atom is 0.144 e. The Balaban J connectivity index is 2.35. The fourth-order valence-corrected chi connectivity index (χ4v) is 2.23. The first-order valence-corrected chi connectivity index (χ1v) is 7.00. The number of aromatic nitrogens is 1. The Labute approximate surface area is 111 Å². The molecule has 0 amide bonds. The lowest BCUT2D eigenvalue weighted by atomic mass is 10.1. The van der Waals surface area contributed by atoms with Crippen molar-refractivity contribution in [2.45, 2.75) is 25.5 Å². The van der Waals surface area contributed by atoms with Crippen molar-refractivity contribution in [2.24, 2.45) is 11.4 Å². The van der Waals surface area contributed by atoms with Gasteiger partial charge >= 0.3 is 0 Å². The van der Waals surface area contributed by atoms with Gasteiger partial charge in [-0.15, -0.1) is 0 Å². The molecule has 0 saturated carbocycles. The van der Waals surface area contributed by atoms with E-state index < -0.39 is 11.4 Å². The number of hydrogen-bond acceptors (Lipinski definition) is 2. The van der Waals surface area contributed by atoms with Crippen LogP contribution in [0.1, 0.15) is 26.3 Å². The van der Waals surface area contributed by atoms with Gasteiger partial charge in [0.05, 0.1) is 6.21 Å². The van der Waals surface area contributed by atoms with Crippen LogP contribution in [0.2, 0.25) is 0 Å². The molecule has 0 spiro atoms. The number of hydrogen-bond donors (Lipinski definition) is 0. The third kappa shape index (κ3) is 2.60. The van der Waals surface area contributed by atoms with Gasteiger partial charge in [-0.3, -0.25) is 0 Å². The molecule has 0 fully saturated rings. The third-order valence-electron chi connectivity index (χ3n) is 2.77. The van der Waals surface area contributed by atoms with Gasteiger partial charge in [-0.2, -0.15) is 0 Å². The first-order chi connectivity index (χ1) is 8.39. The summed E-state index contributed by atoms with van der Waals surface area (Å²) in [4.78, 5) is 0. The highest BCUT2D eigenvalue weighted by Crippen LogP contribution is 2.20. The number of rotatable bonds is 2. The van der Waals surface area contributed by atoms with Crippen LogP contribution in [0, 0.1) is 0 Å². The minimum Gasteiger partial charge on any atom is -0.591 e. The van der Waals surface area contributed by atoms with Crippen molar-refractivity contribution in [2.75, 3.05) is 0 Å². The Morgan fingerprint density at radius 1 is 1.28 bits per heavy atom. The average Bonchev–Trinajstić information content (AvgIpc) is 2.67. The van der Waals surface area contributed by atoms with Gasteiger partial charge in [0, 0.05) is 29.7 Å². The van der Waals surface area contributed by atoms with Crippen LogP contribution >= 0.6 is 0 Å². The van der Waals surface area contributed by atoms with Crippen molar-refractivity contribution < 1.29 is 4.55 Å². The highest BCUT2D eigenvalue weighted by Gasteiger charge is 2.25. The minimum atomic E-state index is -1.21. The van der Waals surface area contributed by atoms with E-state index in [0.717, 1.165) is 16.5 Å². The molecule has 96 valence electrons. The molecule has 1 aromatic heterocycles. The quantitative estimate of drug-likeness (QED) is 0.605. The molecule has 0 aliphatic rings. The molecule has 2 aromatic rings. The molecule has 1 atom stereocenters. The Morgan fingerprint density at radius 3 is 2.67 bits per heavy atom. The number of benzene rings is 1. The van der Waals surface area contributed by atoms with Crippen molar-refractivity contribution in [3.05, 3.63) is 36.0 Å². The summed E-state index contributed by atoms with van der Waals surface area (Å²) in [7, 11) is 2.01. The summed E-state index contributed by atoms with van der Waals surface area (Å²) < 4.78 is 17.8. The normalized spacial score (nSPS) is 14.5. The van der Waals surface area contributed by atoms with Gasteiger partial charge in [-0.25, -0.2) is 0 Å². The third-order valence-corrected chi connectivity index (χ3v) is 4.12. The monoisotopic (exact) mass is 262 g/mol. The van der Waals surface area contributed by atoms with Crippen LogP contribution in [0.5, 0.6) is 0 Å². The number of aryl methyl sites for hydroxylation is 1. The van der Waals surface area contributed by atoms with E-state index in [1.165, 1.54) is 0 Å². The highest BCUT2D eigenvalue weighted by atomic mass is 32.2. The Bertz CT molecular complexity index is 581. The zero-order chi connectivity index (χ0) is 13.3. The van der Waals surface area contributed by atoms with E-state index in [0.29, 0.717) is 0 Å². The van der Waals surface area contributed by atoms with E-state index >= 15 is 0 Å². The summed E-state index contributed by atoms with van der Waals surface area (Å²) in [5, 5.41) is 1.13. The van der Waals surface area contributed by atoms with Crippen LogP contribution in [0.4, 0.5) is 0 Å². The maximum atomic E-state index is 11.9. The molecule has 0 radical (unpaired) electrons. The largest absolute Gasteiger partial charge is 0.591 e. The molecule has 1 aromatic carbocycles. The van der Waals surface area contributed by atoms with Crippen molar-refractivity contribution in [1.82, 2.24) is 4.57 Å². The molecule has 0 N–H and O–H groups in total. The van der Waals surface area contributed by atoms with Crippen LogP contribution in [0.15, 0.2) is 34.9 Å². The fourth-order valence-electron chi connectivity index (χ4n) is 1.70. The summed E-state index contributed by atoms with van der Waals surface area (Å²) in [5.74, 6) is 0. The second-order valence-corrected chi connectivity index (χ2v) is 7.24. The molecule has 2 rings (SSSR count). The maximum absolute atomic E-state index is 11.9. The summed E-state index contributed by atoms with van der Waals surface area (Å²) in [5.41, 5.74) is 2.16. The second-order valence-electron chi connectivity index (χ2n) is 5.30. The topological polar surface area (TPSA) is 40.3 Å². The molecular weight excluding hydrogens is 244 g/mol. The Kier molecular flexibility index (Phi) is 3.50. The van der Waals surface area contributed by atoms with Gasteiger partial charge in [-0.05, 0) is 32.9 Å². The number of fused-ring (bicyclic) bond motifs is 1. The van der Waals surface area contributed by atoms with Crippen molar-refractivity contribution >= 4 is 28.5 Å². The SMILES string of the molecule is Cn1ccc2c(C=N[S+]([O-])C(C)(C)C)cccc21. The van der Waals surface area contributed by atoms with Crippen molar-refractivity contribution in [3.63, 3.8) is 0 Å². The summed E-state index contributed by atoms with van der Waals surface area (Å²) in [6.07, 6.45) is 3.73. The minimum absolute atomic E-state index is 0.318. The van der Waals surface area contributed by atoms with E-state index in [-0.39, 0.29) is 4.75 Å². The standard InChI is InChI=1S/C14H18N2OS/c1-14(2,3)18(17)15-10-11-6-5-7-13-12(11)8-9-16(13)4/h5-10H,1-4H3. The molecule has 0 aliphatic carbocycles. The zero-order valence-corrected chi connectivity index (χ0v) is 12.0. The Morgan fingerprint density at radius 2 is 2.00 bits per heavy atom. The van der Waals surface area contributed by atoms with E-state index in [1.807, 2.05) is 46.1 Å². The van der Waals surface area contributed by atoms with Gasteiger partial charge < -0.3 is 9.12 Å². The van der Waals surface area contributed by atoms with E-state index in [4.69, 9.17) is 0 Å². The first-order valence-electron chi connectivity index (χ1n) is 5.90. The molecule has 1 heterocycles. The molecule has 3 nitrogen and oxygen atoms in total. The average molecular weight is 262 g/mol. The lowest BCUT2D eigenvalue weighted by Crippen LogP contribution is -2.25. The second kappa shape index (κ2) is 4.78. The highest BCUT2D eigenvalue weighted by molar-refractivity contribution is 7.91. The molecule has 4 heteroatoms. The van der Waals surface area contributed by atoms with Gasteiger partial charge in [0.2, 0.25) is 0 Å². The van der Waals surface area contributed by atoms with Gasteiger partial charge in [0.1, 0.15) is 16.1 Å². The molecule has 0 aliphatic heterocycles. The van der Waals surface area contributed by atoms with Crippen LogP contribution < -0.4 is 0 Å². The lowest BCUT2D eigenvalue weighted by Gasteiger charge is -2.17. The van der Waals surface area contributed by atoms with E-state index in [9.17, 15) is 4.55 Å². The van der Waals surface area contributed by atoms with Crippen LogP contribution in [-0.2, 0) is 18.4 Å². The number of nitrogens with zero attached hydrogens (tertiary/aromatic N) is 2. The first kappa shape index (κ1) is 13.2. The van der Waals surface area contributed by atoms with Crippen LogP contribution in [0.3, 0.4) is 0 Å². The lowest BCUT2D eigenvalue weighted by molar-refractivity contribution is 0.562. The Hall–Kier alpha value is -1.26. The summed E-state index contributed by atoms with van der Waals surface area (Å²) in [6, 6.07) is 8.10. The smallest absolute Gasteiger partial charge is 0.144 e. The van der Waals surface area contributed by atoms with Crippen molar-refractivity contribution in [1.29, 1.82) is 0 Å². The summed E-state index contributed by atoms with van der Waals surface area (Å²) in [6.45, 7) is 5.76. The summed E-state index contributed by atoms with van der Waals surface area (Å²) >= 11 is -1.21. The van der Waals surface area contributed by atoms with E-state index in [1.54, 1.807) is 6.21 Å². The molecule has 0 bridgehead atoms. The van der Waals surface area contributed by atoms with E-state index in [2.05, 4.69) is 21.1 Å². The predicted molar refractivity (Wildman–Crippen MR) is 78.4 cm³/mol. The van der Waals surface area contributed by atoms with Gasteiger partial charge in [0.25, 0.3) is 0 Å².